The molecule has 0 unspecified atom stereocenters. The Morgan fingerprint density at radius 1 is 1.18 bits per heavy atom. The number of carbonyl (C=O) groups excluding carboxylic acids is 1. The number of nitrogens with one attached hydrogen (secondary N) is 1. The SMILES string of the molecule is COCO[C@@H](CC(OC)OC)[C@@H](CO)NC(=O)OC(C)(C)C. The van der Waals surface area contributed by atoms with Crippen LogP contribution >= 0.6 is 0 Å². The molecular weight excluding hydrogens is 294 g/mol. The van der Waals surface area contributed by atoms with Crippen molar-refractivity contribution in [2.75, 3.05) is 34.7 Å². The van der Waals surface area contributed by atoms with Gasteiger partial charge < -0.3 is 34.1 Å². The van der Waals surface area contributed by atoms with Gasteiger partial charge in [-0.15, -0.1) is 0 Å². The zero-order valence-electron chi connectivity index (χ0n) is 14.3. The molecule has 0 fully saturated rings. The van der Waals surface area contributed by atoms with Crippen LogP contribution in [-0.2, 0) is 23.7 Å². The van der Waals surface area contributed by atoms with Crippen molar-refractivity contribution in [2.45, 2.75) is 51.2 Å². The average Bonchev–Trinajstić information content (AvgIpc) is 2.43. The smallest absolute Gasteiger partial charge is 0.408 e. The van der Waals surface area contributed by atoms with E-state index in [1.807, 2.05) is 0 Å². The molecule has 132 valence electrons. The van der Waals surface area contributed by atoms with E-state index < -0.39 is 30.1 Å². The van der Waals surface area contributed by atoms with Gasteiger partial charge in [0.05, 0.1) is 18.8 Å². The largest absolute Gasteiger partial charge is 0.444 e. The maximum absolute atomic E-state index is 11.8. The number of aliphatic hydroxyl groups is 1. The summed E-state index contributed by atoms with van der Waals surface area (Å²) < 4.78 is 25.8. The summed E-state index contributed by atoms with van der Waals surface area (Å²) in [6, 6.07) is -0.683. The molecule has 0 radical (unpaired) electrons. The Balaban J connectivity index is 4.77. The molecule has 0 aromatic heterocycles. The minimum Gasteiger partial charge on any atom is -0.444 e. The van der Waals surface area contributed by atoms with Gasteiger partial charge in [-0.3, -0.25) is 0 Å². The van der Waals surface area contributed by atoms with Crippen LogP contribution in [0.5, 0.6) is 0 Å². The zero-order valence-corrected chi connectivity index (χ0v) is 14.3. The summed E-state index contributed by atoms with van der Waals surface area (Å²) in [5.41, 5.74) is -0.630. The van der Waals surface area contributed by atoms with E-state index in [1.54, 1.807) is 20.8 Å². The highest BCUT2D eigenvalue weighted by molar-refractivity contribution is 5.68. The fraction of sp³-hybridized carbons (Fsp3) is 0.929. The maximum Gasteiger partial charge on any atom is 0.408 e. The van der Waals surface area contributed by atoms with Crippen LogP contribution in [0.4, 0.5) is 4.79 Å². The third-order valence-corrected chi connectivity index (χ3v) is 2.70. The van der Waals surface area contributed by atoms with Crippen molar-refractivity contribution in [1.29, 1.82) is 0 Å². The van der Waals surface area contributed by atoms with E-state index in [0.29, 0.717) is 6.42 Å². The number of carbonyl (C=O) groups is 1. The molecule has 0 heterocycles. The summed E-state index contributed by atoms with van der Waals surface area (Å²) in [5, 5.41) is 12.1. The first-order valence-electron chi connectivity index (χ1n) is 7.03. The molecule has 0 saturated carbocycles. The molecule has 2 N–H and O–H groups in total. The third kappa shape index (κ3) is 9.16. The van der Waals surface area contributed by atoms with Crippen LogP contribution < -0.4 is 5.32 Å². The second-order valence-corrected chi connectivity index (χ2v) is 5.68. The molecular formula is C14H29NO7. The van der Waals surface area contributed by atoms with Crippen molar-refractivity contribution in [3.05, 3.63) is 0 Å². The number of amides is 1. The van der Waals surface area contributed by atoms with Gasteiger partial charge in [-0.05, 0) is 20.8 Å². The topological polar surface area (TPSA) is 95.5 Å². The van der Waals surface area contributed by atoms with E-state index in [4.69, 9.17) is 23.7 Å². The monoisotopic (exact) mass is 323 g/mol. The summed E-state index contributed by atoms with van der Waals surface area (Å²) in [6.45, 7) is 4.95. The van der Waals surface area contributed by atoms with Crippen LogP contribution in [0.1, 0.15) is 27.2 Å². The van der Waals surface area contributed by atoms with Gasteiger partial charge in [-0.2, -0.15) is 0 Å². The predicted molar refractivity (Wildman–Crippen MR) is 79.4 cm³/mol. The van der Waals surface area contributed by atoms with Crippen molar-refractivity contribution in [2.24, 2.45) is 0 Å². The molecule has 8 nitrogen and oxygen atoms in total. The molecule has 0 bridgehead atoms. The number of rotatable bonds is 10. The van der Waals surface area contributed by atoms with Crippen LogP contribution in [0.2, 0.25) is 0 Å². The predicted octanol–water partition coefficient (Wildman–Crippen LogP) is 0.870. The first-order chi connectivity index (χ1) is 10.3. The van der Waals surface area contributed by atoms with Crippen molar-refractivity contribution in [1.82, 2.24) is 5.32 Å². The molecule has 1 amide bonds. The molecule has 0 rings (SSSR count). The fourth-order valence-electron chi connectivity index (χ4n) is 1.70. The highest BCUT2D eigenvalue weighted by Gasteiger charge is 2.28. The average molecular weight is 323 g/mol. The first kappa shape index (κ1) is 21.1. The molecule has 2 atom stereocenters. The van der Waals surface area contributed by atoms with Gasteiger partial charge in [0.1, 0.15) is 12.4 Å². The summed E-state index contributed by atoms with van der Waals surface area (Å²) in [4.78, 5) is 11.8. The van der Waals surface area contributed by atoms with E-state index in [1.165, 1.54) is 21.3 Å². The molecule has 22 heavy (non-hydrogen) atoms. The molecule has 0 aliphatic rings. The summed E-state index contributed by atoms with van der Waals surface area (Å²) in [6.07, 6.45) is -1.43. The van der Waals surface area contributed by atoms with Crippen molar-refractivity contribution >= 4 is 6.09 Å². The molecule has 0 spiro atoms. The zero-order chi connectivity index (χ0) is 17.2. The second kappa shape index (κ2) is 10.7. The summed E-state index contributed by atoms with van der Waals surface area (Å²) >= 11 is 0. The standard InChI is InChI=1S/C14H29NO7/c1-14(2,3)22-13(17)15-10(8-16)11(21-9-18-4)7-12(19-5)20-6/h10-12,16H,7-9H2,1-6H3,(H,15,17)/t10-,11+/m1/s1. The molecule has 0 aromatic carbocycles. The third-order valence-electron chi connectivity index (χ3n) is 2.70. The van der Waals surface area contributed by atoms with E-state index in [9.17, 15) is 9.90 Å². The highest BCUT2D eigenvalue weighted by Crippen LogP contribution is 2.13. The Labute approximate surface area is 132 Å². The Morgan fingerprint density at radius 3 is 2.18 bits per heavy atom. The first-order valence-corrected chi connectivity index (χ1v) is 7.03. The van der Waals surface area contributed by atoms with Gasteiger partial charge in [-0.25, -0.2) is 4.79 Å². The molecule has 0 aliphatic heterocycles. The van der Waals surface area contributed by atoms with E-state index in [0.717, 1.165) is 0 Å². The molecule has 0 aliphatic carbocycles. The van der Waals surface area contributed by atoms with Crippen LogP contribution in [0.3, 0.4) is 0 Å². The lowest BCUT2D eigenvalue weighted by molar-refractivity contribution is -0.154. The normalized spacial score (nSPS) is 14.7. The van der Waals surface area contributed by atoms with Crippen molar-refractivity contribution in [3.63, 3.8) is 0 Å². The molecule has 0 saturated heterocycles. The molecule has 0 aromatic rings. The van der Waals surface area contributed by atoms with Gasteiger partial charge in [0.2, 0.25) is 0 Å². The minimum atomic E-state index is -0.683. The lowest BCUT2D eigenvalue weighted by Gasteiger charge is -2.29. The van der Waals surface area contributed by atoms with Gasteiger partial charge in [-0.1, -0.05) is 0 Å². The van der Waals surface area contributed by atoms with Crippen LogP contribution in [0, 0.1) is 0 Å². The summed E-state index contributed by atoms with van der Waals surface area (Å²) in [7, 11) is 4.48. The van der Waals surface area contributed by atoms with Gasteiger partial charge in [0, 0.05) is 27.8 Å². The van der Waals surface area contributed by atoms with Crippen LogP contribution in [0.25, 0.3) is 0 Å². The fourth-order valence-corrected chi connectivity index (χ4v) is 1.70. The van der Waals surface area contributed by atoms with E-state index in [2.05, 4.69) is 5.32 Å². The lowest BCUT2D eigenvalue weighted by Crippen LogP contribution is -2.50. The Morgan fingerprint density at radius 2 is 1.77 bits per heavy atom. The summed E-state index contributed by atoms with van der Waals surface area (Å²) in [5.74, 6) is 0. The van der Waals surface area contributed by atoms with E-state index in [-0.39, 0.29) is 13.4 Å². The van der Waals surface area contributed by atoms with Gasteiger partial charge >= 0.3 is 6.09 Å². The minimum absolute atomic E-state index is 0.0112. The second-order valence-electron chi connectivity index (χ2n) is 5.68. The van der Waals surface area contributed by atoms with Gasteiger partial charge in [0.15, 0.2) is 6.29 Å². The number of alkyl carbamates (subject to hydrolysis) is 1. The van der Waals surface area contributed by atoms with Crippen LogP contribution in [0.15, 0.2) is 0 Å². The quantitative estimate of drug-likeness (QED) is 0.576. The van der Waals surface area contributed by atoms with Crippen molar-refractivity contribution < 1.29 is 33.6 Å². The number of aliphatic hydroxyl groups excluding tert-OH is 1. The maximum atomic E-state index is 11.8. The Bertz CT molecular complexity index is 302. The van der Waals surface area contributed by atoms with Crippen LogP contribution in [-0.4, -0.2) is 70.0 Å². The number of hydrogen-bond donors (Lipinski definition) is 2. The Hall–Kier alpha value is -0.930. The number of hydrogen-bond acceptors (Lipinski definition) is 7. The van der Waals surface area contributed by atoms with E-state index >= 15 is 0 Å². The lowest BCUT2D eigenvalue weighted by atomic mass is 10.1. The number of methoxy groups -OCH3 is 3. The Kier molecular flexibility index (Phi) is 10.3. The molecule has 8 heteroatoms. The van der Waals surface area contributed by atoms with Gasteiger partial charge in [0.25, 0.3) is 0 Å². The highest BCUT2D eigenvalue weighted by atomic mass is 16.7. The number of ether oxygens (including phenoxy) is 5. The van der Waals surface area contributed by atoms with Crippen molar-refractivity contribution in [3.8, 4) is 0 Å².